The summed E-state index contributed by atoms with van der Waals surface area (Å²) in [5.41, 5.74) is 1.06. The molecule has 0 aliphatic carbocycles. The van der Waals surface area contributed by atoms with Gasteiger partial charge in [0.05, 0.1) is 13.7 Å². The van der Waals surface area contributed by atoms with Gasteiger partial charge in [-0.2, -0.15) is 0 Å². The zero-order valence-corrected chi connectivity index (χ0v) is 12.7. The molecule has 0 saturated carbocycles. The lowest BCUT2D eigenvalue weighted by atomic mass is 10.1. The van der Waals surface area contributed by atoms with Crippen molar-refractivity contribution in [2.45, 2.75) is 19.6 Å². The van der Waals surface area contributed by atoms with Crippen molar-refractivity contribution in [3.63, 3.8) is 0 Å². The molecule has 0 fully saturated rings. The maximum absolute atomic E-state index is 11.6. The molecule has 1 aromatic rings. The summed E-state index contributed by atoms with van der Waals surface area (Å²) in [6, 6.07) is 7.08. The molecule has 1 unspecified atom stereocenters. The number of ether oxygens (including phenoxy) is 4. The topological polar surface area (TPSA) is 71.1 Å². The van der Waals surface area contributed by atoms with E-state index in [0.717, 1.165) is 12.0 Å². The van der Waals surface area contributed by atoms with Crippen LogP contribution in [0.25, 0.3) is 0 Å². The number of allylic oxidation sites excluding steroid dienone is 1. The van der Waals surface area contributed by atoms with Gasteiger partial charge in [-0.3, -0.25) is 0 Å². The Balaban J connectivity index is 2.65. The Labute approximate surface area is 129 Å². The Kier molecular flexibility index (Phi) is 7.70. The lowest BCUT2D eigenvalue weighted by Gasteiger charge is -2.17. The first-order valence-electron chi connectivity index (χ1n) is 6.82. The molecule has 6 nitrogen and oxygen atoms in total. The van der Waals surface area contributed by atoms with Crippen molar-refractivity contribution in [3.05, 3.63) is 42.5 Å². The lowest BCUT2D eigenvalue weighted by molar-refractivity contribution is -0.180. The zero-order valence-electron chi connectivity index (χ0n) is 12.7. The molecule has 0 amide bonds. The fraction of sp³-hybridized carbons (Fsp3) is 0.375. The molecule has 120 valence electrons. The van der Waals surface area contributed by atoms with E-state index in [4.69, 9.17) is 14.2 Å². The Morgan fingerprint density at radius 3 is 2.50 bits per heavy atom. The molecule has 0 saturated heterocycles. The van der Waals surface area contributed by atoms with Gasteiger partial charge in [0.1, 0.15) is 12.4 Å². The van der Waals surface area contributed by atoms with Crippen LogP contribution < -0.4 is 4.74 Å². The van der Waals surface area contributed by atoms with Crippen LogP contribution in [-0.2, 0) is 30.2 Å². The SMILES string of the molecule is C=CCc1ccc(OC(OCC(=O)OCC)C(=O)OC)cc1. The minimum Gasteiger partial charge on any atom is -0.464 e. The van der Waals surface area contributed by atoms with Gasteiger partial charge in [0.2, 0.25) is 0 Å². The highest BCUT2D eigenvalue weighted by molar-refractivity contribution is 5.75. The summed E-state index contributed by atoms with van der Waals surface area (Å²) in [6.45, 7) is 5.17. The van der Waals surface area contributed by atoms with Gasteiger partial charge in [0, 0.05) is 0 Å². The second kappa shape index (κ2) is 9.57. The van der Waals surface area contributed by atoms with Crippen molar-refractivity contribution < 1.29 is 28.5 Å². The molecule has 0 N–H and O–H groups in total. The van der Waals surface area contributed by atoms with Crippen LogP contribution in [0.3, 0.4) is 0 Å². The van der Waals surface area contributed by atoms with Crippen molar-refractivity contribution >= 4 is 11.9 Å². The van der Waals surface area contributed by atoms with Gasteiger partial charge < -0.3 is 18.9 Å². The van der Waals surface area contributed by atoms with E-state index >= 15 is 0 Å². The van der Waals surface area contributed by atoms with Crippen LogP contribution in [0, 0.1) is 0 Å². The van der Waals surface area contributed by atoms with Gasteiger partial charge in [-0.25, -0.2) is 9.59 Å². The molecule has 0 aromatic heterocycles. The smallest absolute Gasteiger partial charge is 0.376 e. The highest BCUT2D eigenvalue weighted by atomic mass is 16.7. The van der Waals surface area contributed by atoms with Crippen LogP contribution in [0.15, 0.2) is 36.9 Å². The molecular formula is C16H20O6. The van der Waals surface area contributed by atoms with Crippen molar-refractivity contribution in [1.82, 2.24) is 0 Å². The molecule has 1 aromatic carbocycles. The Hall–Kier alpha value is -2.34. The van der Waals surface area contributed by atoms with E-state index in [1.165, 1.54) is 7.11 Å². The Bertz CT molecular complexity index is 494. The van der Waals surface area contributed by atoms with E-state index in [0.29, 0.717) is 5.75 Å². The normalized spacial score (nSPS) is 11.4. The van der Waals surface area contributed by atoms with Gasteiger partial charge >= 0.3 is 11.9 Å². The van der Waals surface area contributed by atoms with E-state index in [2.05, 4.69) is 11.3 Å². The first-order valence-corrected chi connectivity index (χ1v) is 6.82. The van der Waals surface area contributed by atoms with Crippen molar-refractivity contribution in [2.24, 2.45) is 0 Å². The average Bonchev–Trinajstić information content (AvgIpc) is 2.53. The van der Waals surface area contributed by atoms with Gasteiger partial charge in [0.25, 0.3) is 6.29 Å². The maximum atomic E-state index is 11.6. The second-order valence-electron chi connectivity index (χ2n) is 4.23. The minimum atomic E-state index is -1.33. The summed E-state index contributed by atoms with van der Waals surface area (Å²) < 4.78 is 19.8. The molecule has 22 heavy (non-hydrogen) atoms. The summed E-state index contributed by atoms with van der Waals surface area (Å²) in [6.07, 6.45) is 1.19. The molecule has 1 atom stereocenters. The highest BCUT2D eigenvalue weighted by Crippen LogP contribution is 2.15. The summed E-state index contributed by atoms with van der Waals surface area (Å²) in [5.74, 6) is -0.895. The van der Waals surface area contributed by atoms with Gasteiger partial charge in [-0.15, -0.1) is 6.58 Å². The van der Waals surface area contributed by atoms with Crippen molar-refractivity contribution in [1.29, 1.82) is 0 Å². The monoisotopic (exact) mass is 308 g/mol. The van der Waals surface area contributed by atoms with Gasteiger partial charge in [0.15, 0.2) is 0 Å². The molecular weight excluding hydrogens is 288 g/mol. The van der Waals surface area contributed by atoms with E-state index in [9.17, 15) is 9.59 Å². The van der Waals surface area contributed by atoms with E-state index in [1.807, 2.05) is 12.1 Å². The van der Waals surface area contributed by atoms with Crippen LogP contribution in [0.4, 0.5) is 0 Å². The zero-order chi connectivity index (χ0) is 16.4. The highest BCUT2D eigenvalue weighted by Gasteiger charge is 2.23. The number of methoxy groups -OCH3 is 1. The predicted molar refractivity (Wildman–Crippen MR) is 79.4 cm³/mol. The molecule has 0 radical (unpaired) electrons. The second-order valence-corrected chi connectivity index (χ2v) is 4.23. The van der Waals surface area contributed by atoms with Crippen LogP contribution in [-0.4, -0.2) is 38.6 Å². The van der Waals surface area contributed by atoms with Crippen molar-refractivity contribution in [2.75, 3.05) is 20.3 Å². The third kappa shape index (κ3) is 5.97. The quantitative estimate of drug-likeness (QED) is 0.394. The molecule has 0 bridgehead atoms. The third-order valence-corrected chi connectivity index (χ3v) is 2.60. The molecule has 0 aliphatic heterocycles. The maximum Gasteiger partial charge on any atom is 0.376 e. The predicted octanol–water partition coefficient (Wildman–Crippen LogP) is 1.87. The minimum absolute atomic E-state index is 0.233. The largest absolute Gasteiger partial charge is 0.464 e. The van der Waals surface area contributed by atoms with Crippen LogP contribution in [0.5, 0.6) is 5.75 Å². The fourth-order valence-corrected chi connectivity index (χ4v) is 1.59. The van der Waals surface area contributed by atoms with Crippen LogP contribution in [0.1, 0.15) is 12.5 Å². The van der Waals surface area contributed by atoms with Crippen molar-refractivity contribution in [3.8, 4) is 5.75 Å². The number of carbonyl (C=O) groups is 2. The third-order valence-electron chi connectivity index (χ3n) is 2.60. The number of hydrogen-bond donors (Lipinski definition) is 0. The summed E-state index contributed by atoms with van der Waals surface area (Å²) >= 11 is 0. The van der Waals surface area contributed by atoms with E-state index in [1.54, 1.807) is 25.1 Å². The summed E-state index contributed by atoms with van der Waals surface area (Å²) in [7, 11) is 1.21. The van der Waals surface area contributed by atoms with Crippen LogP contribution >= 0.6 is 0 Å². The summed E-state index contributed by atoms with van der Waals surface area (Å²) in [5, 5.41) is 0. The number of carbonyl (C=O) groups excluding carboxylic acids is 2. The number of esters is 2. The fourth-order valence-electron chi connectivity index (χ4n) is 1.59. The Morgan fingerprint density at radius 1 is 1.27 bits per heavy atom. The molecule has 0 aliphatic rings. The number of hydrogen-bond acceptors (Lipinski definition) is 6. The van der Waals surface area contributed by atoms with E-state index < -0.39 is 24.8 Å². The molecule has 0 heterocycles. The molecule has 6 heteroatoms. The number of rotatable bonds is 9. The molecule has 1 rings (SSSR count). The van der Waals surface area contributed by atoms with Gasteiger partial charge in [-0.05, 0) is 31.0 Å². The average molecular weight is 308 g/mol. The summed E-state index contributed by atoms with van der Waals surface area (Å²) in [4.78, 5) is 22.9. The first-order chi connectivity index (χ1) is 10.6. The lowest BCUT2D eigenvalue weighted by Crippen LogP contribution is -2.33. The molecule has 0 spiro atoms. The van der Waals surface area contributed by atoms with Crippen LogP contribution in [0.2, 0.25) is 0 Å². The van der Waals surface area contributed by atoms with E-state index in [-0.39, 0.29) is 6.61 Å². The standard InChI is InChI=1S/C16H20O6/c1-4-6-12-7-9-13(10-8-12)22-16(15(18)19-3)21-11-14(17)20-5-2/h4,7-10,16H,1,5-6,11H2,2-3H3. The van der Waals surface area contributed by atoms with Gasteiger partial charge in [-0.1, -0.05) is 18.2 Å². The number of benzene rings is 1. The first kappa shape index (κ1) is 17.7. The Morgan fingerprint density at radius 2 is 1.95 bits per heavy atom.